The van der Waals surface area contributed by atoms with Crippen LogP contribution in [0.3, 0.4) is 0 Å². The van der Waals surface area contributed by atoms with Crippen LogP contribution in [-0.4, -0.2) is 130 Å². The maximum atomic E-state index is 10.1. The van der Waals surface area contributed by atoms with Crippen molar-refractivity contribution in [3.8, 4) is 0 Å². The molecule has 2 rings (SSSR count). The van der Waals surface area contributed by atoms with Gasteiger partial charge in [0.05, 0.1) is 38.1 Å². The van der Waals surface area contributed by atoms with Gasteiger partial charge in [-0.05, 0) is 75.8 Å². The highest BCUT2D eigenvalue weighted by Crippen LogP contribution is 2.12. The molecule has 0 heterocycles. The van der Waals surface area contributed by atoms with Crippen molar-refractivity contribution in [2.45, 2.75) is 62.9 Å². The molecule has 7 N–H and O–H groups in total. The molecule has 2 aromatic rings. The van der Waals surface area contributed by atoms with Crippen LogP contribution in [0, 0.1) is 0 Å². The zero-order chi connectivity index (χ0) is 29.7. The largest absolute Gasteiger partial charge is 0.394 e. The van der Waals surface area contributed by atoms with Gasteiger partial charge in [0, 0.05) is 25.7 Å². The van der Waals surface area contributed by atoms with Crippen LogP contribution in [-0.2, 0) is 12.8 Å². The molecule has 9 nitrogen and oxygen atoms in total. The van der Waals surface area contributed by atoms with E-state index in [0.29, 0.717) is 32.1 Å². The number of rotatable bonds is 24. The van der Waals surface area contributed by atoms with Gasteiger partial charge in [-0.1, -0.05) is 60.7 Å². The third kappa shape index (κ3) is 16.3. The third-order valence-electron chi connectivity index (χ3n) is 7.32. The lowest BCUT2D eigenvalue weighted by molar-refractivity contribution is 0.0206. The summed E-state index contributed by atoms with van der Waals surface area (Å²) in [6.07, 6.45) is 3.09. The Morgan fingerprint density at radius 2 is 0.976 bits per heavy atom. The van der Waals surface area contributed by atoms with Gasteiger partial charge < -0.3 is 40.9 Å². The summed E-state index contributed by atoms with van der Waals surface area (Å²) >= 11 is 0. The normalized spacial score (nSPS) is 14.2. The Hall–Kier alpha value is -1.92. The van der Waals surface area contributed by atoms with Gasteiger partial charge in [0.15, 0.2) is 0 Å². The van der Waals surface area contributed by atoms with Crippen LogP contribution in [0.4, 0.5) is 0 Å². The predicted molar refractivity (Wildman–Crippen MR) is 163 cm³/mol. The number of nitrogens with one attached hydrogen (secondary N) is 1. The molecule has 0 aliphatic heterocycles. The van der Waals surface area contributed by atoms with Crippen LogP contribution < -0.4 is 5.32 Å². The van der Waals surface area contributed by atoms with Crippen LogP contribution in [0.15, 0.2) is 60.7 Å². The molecule has 0 radical (unpaired) electrons. The summed E-state index contributed by atoms with van der Waals surface area (Å²) in [5, 5.41) is 61.4. The molecule has 0 saturated carbocycles. The molecule has 0 aliphatic carbocycles. The molecular formula is C32H53N3O6. The average molecular weight is 576 g/mol. The van der Waals surface area contributed by atoms with E-state index in [9.17, 15) is 30.6 Å². The molecule has 41 heavy (non-hydrogen) atoms. The smallest absolute Gasteiger partial charge is 0.0897 e. The topological polar surface area (TPSA) is 140 Å². The number of aryl methyl sites for hydroxylation is 2. The van der Waals surface area contributed by atoms with E-state index in [2.05, 4.69) is 58.7 Å². The number of benzene rings is 2. The van der Waals surface area contributed by atoms with Crippen molar-refractivity contribution in [2.75, 3.05) is 65.6 Å². The van der Waals surface area contributed by atoms with Crippen molar-refractivity contribution >= 4 is 0 Å². The van der Waals surface area contributed by atoms with Crippen molar-refractivity contribution in [2.24, 2.45) is 0 Å². The van der Waals surface area contributed by atoms with Crippen LogP contribution in [0.25, 0.3) is 0 Å². The molecule has 0 spiro atoms. The Labute approximate surface area is 246 Å². The molecular weight excluding hydrogens is 522 g/mol. The zero-order valence-corrected chi connectivity index (χ0v) is 24.5. The van der Waals surface area contributed by atoms with E-state index in [-0.39, 0.29) is 32.9 Å². The highest BCUT2D eigenvalue weighted by molar-refractivity contribution is 5.16. The van der Waals surface area contributed by atoms with Crippen molar-refractivity contribution < 1.29 is 30.6 Å². The van der Waals surface area contributed by atoms with Gasteiger partial charge in [0.1, 0.15) is 0 Å². The van der Waals surface area contributed by atoms with Crippen LogP contribution >= 0.6 is 0 Å². The SMILES string of the molecule is OCC(O)CN(CCCNC(CCc1ccccc1)CCc1ccccc1)CCCN(CC(O)CO)CC(O)CO. The minimum Gasteiger partial charge on any atom is -0.394 e. The molecule has 0 fully saturated rings. The van der Waals surface area contributed by atoms with Gasteiger partial charge in [-0.3, -0.25) is 4.90 Å². The lowest BCUT2D eigenvalue weighted by Gasteiger charge is -2.29. The van der Waals surface area contributed by atoms with Crippen molar-refractivity contribution in [1.82, 2.24) is 15.1 Å². The monoisotopic (exact) mass is 575 g/mol. The summed E-state index contributed by atoms with van der Waals surface area (Å²) in [7, 11) is 0. The van der Waals surface area contributed by atoms with Crippen LogP contribution in [0.2, 0.25) is 0 Å². The second kappa shape index (κ2) is 21.7. The van der Waals surface area contributed by atoms with Crippen molar-refractivity contribution in [1.29, 1.82) is 0 Å². The van der Waals surface area contributed by atoms with Crippen LogP contribution in [0.1, 0.15) is 36.8 Å². The minimum absolute atomic E-state index is 0.199. The first-order chi connectivity index (χ1) is 19.9. The van der Waals surface area contributed by atoms with Crippen molar-refractivity contribution in [3.05, 3.63) is 71.8 Å². The average Bonchev–Trinajstić information content (AvgIpc) is 3.00. The third-order valence-corrected chi connectivity index (χ3v) is 7.32. The van der Waals surface area contributed by atoms with E-state index in [0.717, 1.165) is 45.2 Å². The maximum absolute atomic E-state index is 10.1. The van der Waals surface area contributed by atoms with E-state index >= 15 is 0 Å². The van der Waals surface area contributed by atoms with Gasteiger partial charge in [0.25, 0.3) is 0 Å². The molecule has 0 bridgehead atoms. The summed E-state index contributed by atoms with van der Waals surface area (Å²) in [5.41, 5.74) is 2.69. The number of hydrogen-bond acceptors (Lipinski definition) is 9. The number of hydrogen-bond donors (Lipinski definition) is 7. The summed E-state index contributed by atoms with van der Waals surface area (Å²) in [6, 6.07) is 21.5. The van der Waals surface area contributed by atoms with E-state index in [4.69, 9.17) is 0 Å². The van der Waals surface area contributed by atoms with Gasteiger partial charge in [-0.15, -0.1) is 0 Å². The number of aliphatic hydroxyl groups excluding tert-OH is 6. The first-order valence-corrected chi connectivity index (χ1v) is 15.1. The quantitative estimate of drug-likeness (QED) is 0.0900. The van der Waals surface area contributed by atoms with Crippen LogP contribution in [0.5, 0.6) is 0 Å². The summed E-state index contributed by atoms with van der Waals surface area (Å²) in [4.78, 5) is 3.96. The first kappa shape index (κ1) is 35.3. The molecule has 9 heteroatoms. The standard InChI is InChI=1S/C32H53N3O6/c36-24-30(39)21-34(19-8-20-35(22-31(40)25-37)23-32(41)26-38)18-7-17-33-29(15-13-27-9-3-1-4-10-27)16-14-28-11-5-2-6-12-28/h1-6,9-12,29-33,36-41H,7-8,13-26H2. The Balaban J connectivity index is 1.86. The van der Waals surface area contributed by atoms with Crippen molar-refractivity contribution in [3.63, 3.8) is 0 Å². The highest BCUT2D eigenvalue weighted by atomic mass is 16.3. The molecule has 3 atom stereocenters. The Kier molecular flexibility index (Phi) is 18.7. The highest BCUT2D eigenvalue weighted by Gasteiger charge is 2.17. The predicted octanol–water partition coefficient (Wildman–Crippen LogP) is 0.654. The summed E-state index contributed by atoms with van der Waals surface area (Å²) in [5.74, 6) is 0. The van der Waals surface area contributed by atoms with Gasteiger partial charge in [0.2, 0.25) is 0 Å². The fourth-order valence-corrected chi connectivity index (χ4v) is 5.07. The van der Waals surface area contributed by atoms with E-state index in [1.165, 1.54) is 11.1 Å². The summed E-state index contributed by atoms with van der Waals surface area (Å²) in [6.45, 7) is 2.55. The number of nitrogens with zero attached hydrogens (tertiary/aromatic N) is 2. The van der Waals surface area contributed by atoms with Gasteiger partial charge in [-0.2, -0.15) is 0 Å². The molecule has 232 valence electrons. The minimum atomic E-state index is -0.920. The van der Waals surface area contributed by atoms with E-state index in [1.54, 1.807) is 0 Å². The first-order valence-electron chi connectivity index (χ1n) is 15.1. The van der Waals surface area contributed by atoms with Gasteiger partial charge >= 0.3 is 0 Å². The fourth-order valence-electron chi connectivity index (χ4n) is 5.07. The maximum Gasteiger partial charge on any atom is 0.0897 e. The lowest BCUT2D eigenvalue weighted by Crippen LogP contribution is -2.42. The lowest BCUT2D eigenvalue weighted by atomic mass is 9.99. The zero-order valence-electron chi connectivity index (χ0n) is 24.5. The molecule has 0 aliphatic rings. The fraction of sp³-hybridized carbons (Fsp3) is 0.625. The Bertz CT molecular complexity index is 823. The molecule has 3 unspecified atom stereocenters. The molecule has 0 amide bonds. The second-order valence-corrected chi connectivity index (χ2v) is 11.0. The second-order valence-electron chi connectivity index (χ2n) is 11.0. The Morgan fingerprint density at radius 3 is 1.44 bits per heavy atom. The van der Waals surface area contributed by atoms with E-state index in [1.807, 2.05) is 17.0 Å². The number of aliphatic hydroxyl groups is 6. The molecule has 0 aromatic heterocycles. The molecule has 2 aromatic carbocycles. The Morgan fingerprint density at radius 1 is 0.561 bits per heavy atom. The summed E-state index contributed by atoms with van der Waals surface area (Å²) < 4.78 is 0. The van der Waals surface area contributed by atoms with Gasteiger partial charge in [-0.25, -0.2) is 0 Å². The van der Waals surface area contributed by atoms with E-state index < -0.39 is 18.3 Å². The molecule has 0 saturated heterocycles.